The SMILES string of the molecule is CN(C)CCN=C1N(C)CCN1C. The topological polar surface area (TPSA) is 22.1 Å². The lowest BCUT2D eigenvalue weighted by Gasteiger charge is -2.16. The van der Waals surface area contributed by atoms with E-state index in [4.69, 9.17) is 0 Å². The largest absolute Gasteiger partial charge is 0.344 e. The highest BCUT2D eigenvalue weighted by atomic mass is 15.4. The number of hydrogen-bond acceptors (Lipinski definition) is 2. The lowest BCUT2D eigenvalue weighted by Crippen LogP contribution is -2.29. The van der Waals surface area contributed by atoms with Crippen LogP contribution >= 0.6 is 0 Å². The summed E-state index contributed by atoms with van der Waals surface area (Å²) in [5.74, 6) is 1.13. The van der Waals surface area contributed by atoms with Crippen molar-refractivity contribution >= 4 is 5.96 Å². The predicted octanol–water partition coefficient (Wildman–Crippen LogP) is -0.219. The first-order chi connectivity index (χ1) is 6.11. The number of guanidine groups is 1. The number of aliphatic imine (C=N–C) groups is 1. The van der Waals surface area contributed by atoms with E-state index >= 15 is 0 Å². The van der Waals surface area contributed by atoms with Crippen molar-refractivity contribution in [1.29, 1.82) is 0 Å². The molecule has 4 heteroatoms. The molecule has 0 radical (unpaired) electrons. The van der Waals surface area contributed by atoms with Crippen LogP contribution in [0.5, 0.6) is 0 Å². The highest BCUT2D eigenvalue weighted by Crippen LogP contribution is 2.02. The minimum Gasteiger partial charge on any atom is -0.344 e. The molecule has 1 aliphatic heterocycles. The molecular weight excluding hydrogens is 164 g/mol. The molecule has 0 spiro atoms. The molecule has 0 aromatic carbocycles. The van der Waals surface area contributed by atoms with Crippen LogP contribution < -0.4 is 0 Å². The van der Waals surface area contributed by atoms with Gasteiger partial charge in [-0.2, -0.15) is 0 Å². The van der Waals surface area contributed by atoms with E-state index in [1.54, 1.807) is 0 Å². The Morgan fingerprint density at radius 2 is 1.77 bits per heavy atom. The zero-order chi connectivity index (χ0) is 9.84. The van der Waals surface area contributed by atoms with Crippen molar-refractivity contribution in [2.45, 2.75) is 0 Å². The van der Waals surface area contributed by atoms with E-state index in [9.17, 15) is 0 Å². The lowest BCUT2D eigenvalue weighted by molar-refractivity contribution is 0.418. The molecular formula is C9H20N4. The molecule has 1 aliphatic rings. The van der Waals surface area contributed by atoms with E-state index in [0.29, 0.717) is 0 Å². The summed E-state index contributed by atoms with van der Waals surface area (Å²) in [5.41, 5.74) is 0. The van der Waals surface area contributed by atoms with Crippen LogP contribution in [0.3, 0.4) is 0 Å². The van der Waals surface area contributed by atoms with Crippen molar-refractivity contribution in [2.24, 2.45) is 4.99 Å². The quantitative estimate of drug-likeness (QED) is 0.605. The van der Waals surface area contributed by atoms with Gasteiger partial charge in [0.15, 0.2) is 5.96 Å². The fourth-order valence-electron chi connectivity index (χ4n) is 1.38. The Balaban J connectivity index is 2.40. The average Bonchev–Trinajstić information content (AvgIpc) is 2.34. The lowest BCUT2D eigenvalue weighted by atomic mass is 10.6. The molecule has 76 valence electrons. The van der Waals surface area contributed by atoms with Gasteiger partial charge in [0.05, 0.1) is 6.54 Å². The summed E-state index contributed by atoms with van der Waals surface area (Å²) in [6.07, 6.45) is 0. The van der Waals surface area contributed by atoms with Gasteiger partial charge in [0, 0.05) is 33.7 Å². The van der Waals surface area contributed by atoms with Crippen molar-refractivity contribution < 1.29 is 0 Å². The van der Waals surface area contributed by atoms with Gasteiger partial charge < -0.3 is 14.7 Å². The highest BCUT2D eigenvalue weighted by Gasteiger charge is 2.18. The van der Waals surface area contributed by atoms with Crippen molar-refractivity contribution in [1.82, 2.24) is 14.7 Å². The molecule has 0 aromatic rings. The predicted molar refractivity (Wildman–Crippen MR) is 56.1 cm³/mol. The molecule has 0 saturated carbocycles. The summed E-state index contributed by atoms with van der Waals surface area (Å²) in [4.78, 5) is 11.1. The fraction of sp³-hybridized carbons (Fsp3) is 0.889. The number of nitrogens with zero attached hydrogens (tertiary/aromatic N) is 4. The van der Waals surface area contributed by atoms with Crippen molar-refractivity contribution in [3.8, 4) is 0 Å². The Labute approximate surface area is 80.8 Å². The second-order valence-electron chi connectivity index (χ2n) is 3.83. The first-order valence-electron chi connectivity index (χ1n) is 4.72. The smallest absolute Gasteiger partial charge is 0.196 e. The first-order valence-corrected chi connectivity index (χ1v) is 4.72. The van der Waals surface area contributed by atoms with E-state index in [1.807, 2.05) is 0 Å². The third-order valence-electron chi connectivity index (χ3n) is 2.25. The summed E-state index contributed by atoms with van der Waals surface area (Å²) in [6, 6.07) is 0. The van der Waals surface area contributed by atoms with Gasteiger partial charge in [0.1, 0.15) is 0 Å². The van der Waals surface area contributed by atoms with Crippen LogP contribution in [0, 0.1) is 0 Å². The summed E-state index contributed by atoms with van der Waals surface area (Å²) < 4.78 is 0. The van der Waals surface area contributed by atoms with Gasteiger partial charge in [-0.1, -0.05) is 0 Å². The van der Waals surface area contributed by atoms with E-state index in [-0.39, 0.29) is 0 Å². The van der Waals surface area contributed by atoms with Crippen LogP contribution in [-0.2, 0) is 0 Å². The summed E-state index contributed by atoms with van der Waals surface area (Å²) in [5, 5.41) is 0. The Bertz CT molecular complexity index is 176. The minimum absolute atomic E-state index is 0.886. The molecule has 1 heterocycles. The minimum atomic E-state index is 0.886. The summed E-state index contributed by atoms with van der Waals surface area (Å²) in [6.45, 7) is 4.09. The number of likely N-dealkylation sites (N-methyl/N-ethyl adjacent to an activating group) is 3. The number of rotatable bonds is 3. The third-order valence-corrected chi connectivity index (χ3v) is 2.25. The normalized spacial score (nSPS) is 17.5. The molecule has 0 bridgehead atoms. The zero-order valence-electron chi connectivity index (χ0n) is 9.12. The van der Waals surface area contributed by atoms with Gasteiger partial charge in [0.25, 0.3) is 0 Å². The Morgan fingerprint density at radius 3 is 2.23 bits per heavy atom. The molecule has 0 aliphatic carbocycles. The molecule has 13 heavy (non-hydrogen) atoms. The molecule has 0 atom stereocenters. The first kappa shape index (κ1) is 10.3. The van der Waals surface area contributed by atoms with Gasteiger partial charge in [0.2, 0.25) is 0 Å². The van der Waals surface area contributed by atoms with Crippen molar-refractivity contribution in [3.05, 3.63) is 0 Å². The van der Waals surface area contributed by atoms with Gasteiger partial charge in [-0.15, -0.1) is 0 Å². The molecule has 4 nitrogen and oxygen atoms in total. The van der Waals surface area contributed by atoms with Gasteiger partial charge in [-0.3, -0.25) is 4.99 Å². The Kier molecular flexibility index (Phi) is 3.54. The standard InChI is InChI=1S/C9H20N4/c1-11(2)6-5-10-9-12(3)7-8-13(9)4/h5-8H2,1-4H3. The number of hydrogen-bond donors (Lipinski definition) is 0. The second kappa shape index (κ2) is 4.46. The molecule has 0 aromatic heterocycles. The molecule has 0 unspecified atom stereocenters. The molecule has 0 amide bonds. The average molecular weight is 184 g/mol. The van der Waals surface area contributed by atoms with Crippen molar-refractivity contribution in [3.63, 3.8) is 0 Å². The Hall–Kier alpha value is -0.770. The third kappa shape index (κ3) is 2.88. The van der Waals surface area contributed by atoms with Gasteiger partial charge in [-0.25, -0.2) is 0 Å². The van der Waals surface area contributed by atoms with Crippen LogP contribution in [-0.4, -0.2) is 75.0 Å². The summed E-state index contributed by atoms with van der Waals surface area (Å²) >= 11 is 0. The van der Waals surface area contributed by atoms with Gasteiger partial charge >= 0.3 is 0 Å². The maximum absolute atomic E-state index is 4.55. The fourth-order valence-corrected chi connectivity index (χ4v) is 1.38. The van der Waals surface area contributed by atoms with Gasteiger partial charge in [-0.05, 0) is 14.1 Å². The maximum atomic E-state index is 4.55. The zero-order valence-corrected chi connectivity index (χ0v) is 9.12. The van der Waals surface area contributed by atoms with Crippen LogP contribution in [0.2, 0.25) is 0 Å². The molecule has 1 saturated heterocycles. The molecule has 0 N–H and O–H groups in total. The van der Waals surface area contributed by atoms with E-state index in [1.165, 1.54) is 0 Å². The second-order valence-corrected chi connectivity index (χ2v) is 3.83. The summed E-state index contributed by atoms with van der Waals surface area (Å²) in [7, 11) is 8.33. The monoisotopic (exact) mass is 184 g/mol. The van der Waals surface area contributed by atoms with Crippen LogP contribution in [0.15, 0.2) is 4.99 Å². The maximum Gasteiger partial charge on any atom is 0.196 e. The molecule has 1 fully saturated rings. The van der Waals surface area contributed by atoms with Crippen molar-refractivity contribution in [2.75, 3.05) is 54.4 Å². The van der Waals surface area contributed by atoms with E-state index in [0.717, 1.165) is 32.1 Å². The van der Waals surface area contributed by atoms with Crippen LogP contribution in [0.4, 0.5) is 0 Å². The van der Waals surface area contributed by atoms with E-state index < -0.39 is 0 Å². The van der Waals surface area contributed by atoms with E-state index in [2.05, 4.69) is 47.9 Å². The molecule has 1 rings (SSSR count). The van der Waals surface area contributed by atoms with Crippen LogP contribution in [0.25, 0.3) is 0 Å². The Morgan fingerprint density at radius 1 is 1.23 bits per heavy atom. The van der Waals surface area contributed by atoms with Crippen LogP contribution in [0.1, 0.15) is 0 Å². The highest BCUT2D eigenvalue weighted by molar-refractivity contribution is 5.81.